The molecule has 1 aromatic carbocycles. The van der Waals surface area contributed by atoms with E-state index < -0.39 is 5.97 Å². The third-order valence-electron chi connectivity index (χ3n) is 2.60. The highest BCUT2D eigenvalue weighted by Gasteiger charge is 2.09. The molecule has 0 fully saturated rings. The molecule has 0 aliphatic rings. The Bertz CT molecular complexity index is 675. The Kier molecular flexibility index (Phi) is 3.44. The first-order valence-electron chi connectivity index (χ1n) is 5.41. The normalized spacial score (nSPS) is 9.68. The summed E-state index contributed by atoms with van der Waals surface area (Å²) in [5.74, 6) is -0.532. The van der Waals surface area contributed by atoms with E-state index in [1.807, 2.05) is 0 Å². The zero-order chi connectivity index (χ0) is 13.8. The lowest BCUT2D eigenvalue weighted by atomic mass is 10.1. The molecule has 0 saturated carbocycles. The number of rotatable bonds is 3. The number of pyridine rings is 1. The third-order valence-corrected chi connectivity index (χ3v) is 2.60. The van der Waals surface area contributed by atoms with E-state index in [9.17, 15) is 4.79 Å². The largest absolute Gasteiger partial charge is 0.508 e. The van der Waals surface area contributed by atoms with Gasteiger partial charge in [0.25, 0.3) is 0 Å². The van der Waals surface area contributed by atoms with Crippen LogP contribution in [0.25, 0.3) is 16.1 Å². The van der Waals surface area contributed by atoms with Gasteiger partial charge in [-0.2, -0.15) is 0 Å². The molecule has 1 aromatic heterocycles. The van der Waals surface area contributed by atoms with Crippen LogP contribution in [0.2, 0.25) is 0 Å². The fourth-order valence-corrected chi connectivity index (χ4v) is 1.66. The molecule has 0 atom stereocenters. The molecule has 19 heavy (non-hydrogen) atoms. The summed E-state index contributed by atoms with van der Waals surface area (Å²) in [6.07, 6.45) is 1.43. The van der Waals surface area contributed by atoms with Gasteiger partial charge in [0, 0.05) is 6.20 Å². The number of nitrogens with zero attached hydrogens (tertiary/aromatic N) is 2. The van der Waals surface area contributed by atoms with Gasteiger partial charge >= 0.3 is 5.97 Å². The first kappa shape index (κ1) is 12.6. The molecule has 5 nitrogen and oxygen atoms in total. The van der Waals surface area contributed by atoms with Crippen LogP contribution < -0.4 is 4.74 Å². The van der Waals surface area contributed by atoms with E-state index in [2.05, 4.69) is 9.83 Å². The van der Waals surface area contributed by atoms with E-state index in [-0.39, 0.29) is 5.56 Å². The number of carboxylic acid groups (broad SMARTS) is 1. The van der Waals surface area contributed by atoms with Crippen LogP contribution >= 0.6 is 0 Å². The summed E-state index contributed by atoms with van der Waals surface area (Å²) in [6, 6.07) is 7.92. The lowest BCUT2D eigenvalue weighted by Crippen LogP contribution is -1.97. The molecule has 0 amide bonds. The van der Waals surface area contributed by atoms with Crippen LogP contribution in [-0.4, -0.2) is 23.2 Å². The van der Waals surface area contributed by atoms with Crippen molar-refractivity contribution in [1.82, 2.24) is 4.98 Å². The van der Waals surface area contributed by atoms with E-state index in [4.69, 9.17) is 16.4 Å². The van der Waals surface area contributed by atoms with Gasteiger partial charge in [0.1, 0.15) is 5.75 Å². The van der Waals surface area contributed by atoms with Gasteiger partial charge in [-0.1, -0.05) is 6.07 Å². The van der Waals surface area contributed by atoms with Crippen molar-refractivity contribution in [2.75, 3.05) is 7.11 Å². The fraction of sp³-hybridized carbons (Fsp3) is 0.0714. The lowest BCUT2D eigenvalue weighted by molar-refractivity contribution is 0.0697. The molecule has 94 valence electrons. The van der Waals surface area contributed by atoms with Crippen LogP contribution in [0.1, 0.15) is 10.4 Å². The number of aromatic nitrogens is 1. The highest BCUT2D eigenvalue weighted by Crippen LogP contribution is 2.32. The monoisotopic (exact) mass is 254 g/mol. The van der Waals surface area contributed by atoms with Gasteiger partial charge in [-0.05, 0) is 29.8 Å². The maximum atomic E-state index is 10.9. The molecule has 0 unspecified atom stereocenters. The Morgan fingerprint density at radius 3 is 2.79 bits per heavy atom. The summed E-state index contributed by atoms with van der Waals surface area (Å²) < 4.78 is 5.06. The summed E-state index contributed by atoms with van der Waals surface area (Å²) >= 11 is 0. The Labute approximate surface area is 109 Å². The van der Waals surface area contributed by atoms with Gasteiger partial charge < -0.3 is 9.84 Å². The zero-order valence-electron chi connectivity index (χ0n) is 10.1. The molecular weight excluding hydrogens is 244 g/mol. The topological polar surface area (TPSA) is 63.8 Å². The van der Waals surface area contributed by atoms with E-state index in [0.29, 0.717) is 22.7 Å². The fourth-order valence-electron chi connectivity index (χ4n) is 1.66. The number of carboxylic acids is 1. The van der Waals surface area contributed by atoms with Crippen LogP contribution in [0, 0.1) is 6.57 Å². The number of benzene rings is 1. The Hall–Kier alpha value is -2.87. The summed E-state index contributed by atoms with van der Waals surface area (Å²) in [5, 5.41) is 8.94. The summed E-state index contributed by atoms with van der Waals surface area (Å²) in [5.41, 5.74) is 1.70. The maximum absolute atomic E-state index is 10.9. The smallest absolute Gasteiger partial charge is 0.335 e. The second kappa shape index (κ2) is 5.19. The quantitative estimate of drug-likeness (QED) is 0.855. The van der Waals surface area contributed by atoms with Gasteiger partial charge in [0.15, 0.2) is 0 Å². The molecular formula is C14H10N2O3. The maximum Gasteiger partial charge on any atom is 0.335 e. The third kappa shape index (κ3) is 2.53. The van der Waals surface area contributed by atoms with Crippen LogP contribution in [-0.2, 0) is 0 Å². The van der Waals surface area contributed by atoms with Crippen molar-refractivity contribution in [3.05, 3.63) is 53.5 Å². The Morgan fingerprint density at radius 2 is 2.16 bits per heavy atom. The Morgan fingerprint density at radius 1 is 1.37 bits per heavy atom. The second-order valence-corrected chi connectivity index (χ2v) is 3.73. The highest BCUT2D eigenvalue weighted by molar-refractivity contribution is 5.89. The number of methoxy groups -OCH3 is 1. The van der Waals surface area contributed by atoms with Crippen LogP contribution in [0.5, 0.6) is 5.75 Å². The van der Waals surface area contributed by atoms with Crippen molar-refractivity contribution < 1.29 is 14.6 Å². The summed E-state index contributed by atoms with van der Waals surface area (Å²) in [4.78, 5) is 18.4. The van der Waals surface area contributed by atoms with Gasteiger partial charge in [-0.15, -0.1) is 0 Å². The van der Waals surface area contributed by atoms with Crippen LogP contribution in [0.15, 0.2) is 36.5 Å². The van der Waals surface area contributed by atoms with Gasteiger partial charge in [0.2, 0.25) is 5.69 Å². The average molecular weight is 254 g/mol. The summed E-state index contributed by atoms with van der Waals surface area (Å²) in [7, 11) is 1.49. The molecule has 5 heteroatoms. The molecule has 1 N–H and O–H groups in total. The number of ether oxygens (including phenoxy) is 1. The van der Waals surface area contributed by atoms with Gasteiger partial charge in [0.05, 0.1) is 24.9 Å². The SMILES string of the molecule is [C-]#[N+]c1cc(-c2cc(C(=O)O)ccn2)ccc1OC. The number of carbonyl (C=O) groups is 1. The first-order chi connectivity index (χ1) is 9.15. The van der Waals surface area contributed by atoms with E-state index in [1.165, 1.54) is 25.4 Å². The molecule has 0 aliphatic heterocycles. The number of hydrogen-bond donors (Lipinski definition) is 1. The van der Waals surface area contributed by atoms with Crippen molar-refractivity contribution in [3.8, 4) is 17.0 Å². The predicted molar refractivity (Wildman–Crippen MR) is 69.4 cm³/mol. The standard InChI is InChI=1S/C14H10N2O3/c1-15-12-7-9(3-4-13(12)19-2)11-8-10(14(17)18)5-6-16-11/h3-8H,2H3,(H,17,18). The molecule has 1 heterocycles. The van der Waals surface area contributed by atoms with Crippen molar-refractivity contribution in [2.45, 2.75) is 0 Å². The van der Waals surface area contributed by atoms with Crippen molar-refractivity contribution in [3.63, 3.8) is 0 Å². The van der Waals surface area contributed by atoms with Crippen molar-refractivity contribution >= 4 is 11.7 Å². The average Bonchev–Trinajstić information content (AvgIpc) is 2.46. The highest BCUT2D eigenvalue weighted by atomic mass is 16.5. The molecule has 0 aliphatic carbocycles. The minimum atomic E-state index is -1.01. The van der Waals surface area contributed by atoms with E-state index in [1.54, 1.807) is 18.2 Å². The van der Waals surface area contributed by atoms with E-state index >= 15 is 0 Å². The van der Waals surface area contributed by atoms with E-state index in [0.717, 1.165) is 0 Å². The van der Waals surface area contributed by atoms with Crippen LogP contribution in [0.4, 0.5) is 5.69 Å². The number of hydrogen-bond acceptors (Lipinski definition) is 3. The lowest BCUT2D eigenvalue weighted by Gasteiger charge is -2.06. The van der Waals surface area contributed by atoms with Crippen LogP contribution in [0.3, 0.4) is 0 Å². The van der Waals surface area contributed by atoms with Gasteiger partial charge in [-0.25, -0.2) is 9.64 Å². The first-order valence-corrected chi connectivity index (χ1v) is 5.41. The molecule has 0 saturated heterocycles. The molecule has 2 aromatic rings. The molecule has 0 bridgehead atoms. The second-order valence-electron chi connectivity index (χ2n) is 3.73. The molecule has 2 rings (SSSR count). The number of aromatic carboxylic acids is 1. The van der Waals surface area contributed by atoms with Crippen molar-refractivity contribution in [2.24, 2.45) is 0 Å². The zero-order valence-corrected chi connectivity index (χ0v) is 10.1. The molecule has 0 spiro atoms. The van der Waals surface area contributed by atoms with Gasteiger partial charge in [-0.3, -0.25) is 4.98 Å². The predicted octanol–water partition coefficient (Wildman–Crippen LogP) is 3.01. The minimum absolute atomic E-state index is 0.158. The minimum Gasteiger partial charge on any atom is -0.508 e. The summed E-state index contributed by atoms with van der Waals surface area (Å²) in [6.45, 7) is 7.09. The molecule has 0 radical (unpaired) electrons. The Balaban J connectivity index is 2.51. The van der Waals surface area contributed by atoms with Crippen molar-refractivity contribution in [1.29, 1.82) is 0 Å².